The van der Waals surface area contributed by atoms with Gasteiger partial charge in [0.1, 0.15) is 49.2 Å². The number of fused-ring (bicyclic) bond motifs is 4. The standard InChI is InChI=1S/C66H80N10O12/c1-5-9-39-85-73-55(43-47-21-13-17-25-51(47)63(73)81)59(77)67-29-33-71(34-30-68-60(78)56-44-48-22-14-18-26-52(48)64(82)74(56)86-40-10-6-2)37-38-72(35-31-69-61(79)57-45-49-23-15-19-27-53(49)65(83)75(57)87-41-11-7-3)36-32-70-62(80)58-46-50-24-16-20-28-54(50)66(84)76(58)88-42-12-8-4/h13-28,43-46H,5-12,29-42H2,1-4H3,(H,67,77)(H,68,78)(H,69,79)(H,70,80). The van der Waals surface area contributed by atoms with E-state index in [0.717, 1.165) is 44.6 Å². The quantitative estimate of drug-likeness (QED) is 0.0359. The first kappa shape index (κ1) is 64.7. The number of aromatic nitrogens is 4. The molecule has 4 aromatic carbocycles. The number of benzene rings is 4. The van der Waals surface area contributed by atoms with Crippen molar-refractivity contribution in [1.82, 2.24) is 50.0 Å². The lowest BCUT2D eigenvalue weighted by atomic mass is 10.1. The number of hydrogen-bond donors (Lipinski definition) is 4. The fourth-order valence-electron chi connectivity index (χ4n) is 9.94. The topological polar surface area (TPSA) is 248 Å². The maximum Gasteiger partial charge on any atom is 0.291 e. The SMILES string of the molecule is CCCCOn1c(C(=O)NCCN(CCNC(=O)c2cc3ccccc3c(=O)n2OCCCC)CCN(CCNC(=O)c2cc3ccccc3c(=O)n2OCCCC)CCNC(=O)c2cc3ccccc3c(=O)n2OCCCC)cc2ccccc2c1=O. The van der Waals surface area contributed by atoms with Gasteiger partial charge in [-0.25, -0.2) is 0 Å². The summed E-state index contributed by atoms with van der Waals surface area (Å²) in [5.41, 5.74) is -1.75. The molecule has 4 heterocycles. The molecule has 22 heteroatoms. The van der Waals surface area contributed by atoms with Crippen LogP contribution in [-0.2, 0) is 0 Å². The molecular formula is C66H80N10O12. The van der Waals surface area contributed by atoms with Crippen LogP contribution in [0.5, 0.6) is 0 Å². The molecule has 0 saturated heterocycles. The van der Waals surface area contributed by atoms with Crippen molar-refractivity contribution in [3.8, 4) is 0 Å². The van der Waals surface area contributed by atoms with E-state index < -0.39 is 45.9 Å². The molecule has 0 fully saturated rings. The number of rotatable bonds is 35. The van der Waals surface area contributed by atoms with Gasteiger partial charge in [-0.2, -0.15) is 0 Å². The molecule has 0 spiro atoms. The van der Waals surface area contributed by atoms with Crippen LogP contribution in [-0.4, -0.2) is 144 Å². The molecule has 0 atom stereocenters. The largest absolute Gasteiger partial charge is 0.410 e. The first-order valence-corrected chi connectivity index (χ1v) is 30.6. The van der Waals surface area contributed by atoms with Crippen LogP contribution in [0.3, 0.4) is 0 Å². The van der Waals surface area contributed by atoms with E-state index in [1.165, 1.54) is 0 Å². The smallest absolute Gasteiger partial charge is 0.291 e. The van der Waals surface area contributed by atoms with E-state index in [0.29, 0.717) is 81.9 Å². The molecule has 4 amide bonds. The predicted molar refractivity (Wildman–Crippen MR) is 340 cm³/mol. The molecule has 8 aromatic rings. The molecule has 0 saturated carbocycles. The Bertz CT molecular complexity index is 3460. The molecule has 0 radical (unpaired) electrons. The Kier molecular flexibility index (Phi) is 23.9. The molecule has 0 aliphatic carbocycles. The summed E-state index contributed by atoms with van der Waals surface area (Å²) in [5, 5.41) is 15.8. The number of carbonyl (C=O) groups is 4. The molecule has 0 unspecified atom stereocenters. The number of hydrogen-bond acceptors (Lipinski definition) is 14. The van der Waals surface area contributed by atoms with Crippen LogP contribution in [0.2, 0.25) is 0 Å². The van der Waals surface area contributed by atoms with Gasteiger partial charge in [0.05, 0.1) is 21.5 Å². The number of carbonyl (C=O) groups excluding carboxylic acids is 4. The number of nitrogens with zero attached hydrogens (tertiary/aromatic N) is 6. The minimum absolute atomic E-state index is 0.0258. The molecule has 88 heavy (non-hydrogen) atoms. The molecule has 0 bridgehead atoms. The highest BCUT2D eigenvalue weighted by Crippen LogP contribution is 2.16. The van der Waals surface area contributed by atoms with Gasteiger partial charge in [-0.1, -0.05) is 126 Å². The molecule has 0 aliphatic heterocycles. The second kappa shape index (κ2) is 32.5. The normalized spacial score (nSPS) is 11.4. The third-order valence-electron chi connectivity index (χ3n) is 14.9. The van der Waals surface area contributed by atoms with Crippen LogP contribution in [0.4, 0.5) is 0 Å². The second-order valence-corrected chi connectivity index (χ2v) is 21.3. The van der Waals surface area contributed by atoms with Crippen molar-refractivity contribution in [2.45, 2.75) is 79.1 Å². The van der Waals surface area contributed by atoms with Crippen molar-refractivity contribution in [3.05, 3.63) is 186 Å². The summed E-state index contributed by atoms with van der Waals surface area (Å²) in [6.45, 7) is 10.8. The van der Waals surface area contributed by atoms with E-state index in [2.05, 4.69) is 21.3 Å². The summed E-state index contributed by atoms with van der Waals surface area (Å²) < 4.78 is 4.19. The van der Waals surface area contributed by atoms with Crippen molar-refractivity contribution < 1.29 is 38.5 Å². The van der Waals surface area contributed by atoms with Gasteiger partial charge in [-0.15, -0.1) is 18.9 Å². The molecule has 4 N–H and O–H groups in total. The Morgan fingerprint density at radius 3 is 0.773 bits per heavy atom. The maximum atomic E-state index is 14.1. The summed E-state index contributed by atoms with van der Waals surface area (Å²) in [4.78, 5) is 139. The van der Waals surface area contributed by atoms with Gasteiger partial charge in [0, 0.05) is 65.4 Å². The number of nitrogens with one attached hydrogen (secondary N) is 4. The number of amides is 4. The number of unbranched alkanes of at least 4 members (excludes halogenated alkanes) is 4. The Balaban J connectivity index is 1.05. The lowest BCUT2D eigenvalue weighted by Crippen LogP contribution is -2.46. The molecule has 0 aliphatic rings. The molecule has 466 valence electrons. The van der Waals surface area contributed by atoms with Gasteiger partial charge in [0.15, 0.2) is 0 Å². The zero-order chi connectivity index (χ0) is 62.4. The van der Waals surface area contributed by atoms with Crippen LogP contribution in [0.15, 0.2) is 141 Å². The lowest BCUT2D eigenvalue weighted by molar-refractivity contribution is 0.0751. The van der Waals surface area contributed by atoms with Crippen LogP contribution in [0, 0.1) is 0 Å². The van der Waals surface area contributed by atoms with E-state index in [-0.39, 0.29) is 102 Å². The Morgan fingerprint density at radius 2 is 0.557 bits per heavy atom. The highest BCUT2D eigenvalue weighted by Gasteiger charge is 2.23. The minimum Gasteiger partial charge on any atom is -0.410 e. The first-order chi connectivity index (χ1) is 42.9. The van der Waals surface area contributed by atoms with Crippen LogP contribution in [0.1, 0.15) is 121 Å². The zero-order valence-electron chi connectivity index (χ0n) is 50.7. The molecule has 4 aromatic heterocycles. The van der Waals surface area contributed by atoms with E-state index in [1.807, 2.05) is 37.5 Å². The Morgan fingerprint density at radius 1 is 0.341 bits per heavy atom. The van der Waals surface area contributed by atoms with Crippen LogP contribution >= 0.6 is 0 Å². The van der Waals surface area contributed by atoms with E-state index >= 15 is 0 Å². The van der Waals surface area contributed by atoms with E-state index in [4.69, 9.17) is 19.4 Å². The fraction of sp³-hybridized carbons (Fsp3) is 0.394. The molecular weight excluding hydrogens is 1120 g/mol. The average molecular weight is 1210 g/mol. The third kappa shape index (κ3) is 16.4. The van der Waals surface area contributed by atoms with Gasteiger partial charge in [-0.3, -0.25) is 48.2 Å². The summed E-state index contributed by atoms with van der Waals surface area (Å²) in [6, 6.07) is 34.4. The summed E-state index contributed by atoms with van der Waals surface area (Å²) in [5.74, 6) is -2.17. The second-order valence-electron chi connectivity index (χ2n) is 21.3. The lowest BCUT2D eigenvalue weighted by Gasteiger charge is -2.28. The molecule has 22 nitrogen and oxygen atoms in total. The van der Waals surface area contributed by atoms with Crippen molar-refractivity contribution in [1.29, 1.82) is 0 Å². The van der Waals surface area contributed by atoms with Gasteiger partial charge in [0.2, 0.25) is 0 Å². The van der Waals surface area contributed by atoms with Gasteiger partial charge in [0.25, 0.3) is 45.9 Å². The monoisotopic (exact) mass is 1200 g/mol. The van der Waals surface area contributed by atoms with Crippen molar-refractivity contribution in [2.24, 2.45) is 0 Å². The van der Waals surface area contributed by atoms with Crippen LogP contribution < -0.4 is 62.9 Å². The summed E-state index contributed by atoms with van der Waals surface area (Å²) in [6.07, 6.45) is 5.87. The number of pyridine rings is 4. The van der Waals surface area contributed by atoms with Gasteiger partial charge >= 0.3 is 0 Å². The highest BCUT2D eigenvalue weighted by atomic mass is 16.7. The van der Waals surface area contributed by atoms with Crippen molar-refractivity contribution in [3.63, 3.8) is 0 Å². The first-order valence-electron chi connectivity index (χ1n) is 30.6. The van der Waals surface area contributed by atoms with E-state index in [1.54, 1.807) is 121 Å². The average Bonchev–Trinajstić information content (AvgIpc) is 2.00. The third-order valence-corrected chi connectivity index (χ3v) is 14.9. The van der Waals surface area contributed by atoms with E-state index in [9.17, 15) is 38.4 Å². The van der Waals surface area contributed by atoms with Crippen LogP contribution in [0.25, 0.3) is 43.1 Å². The summed E-state index contributed by atoms with van der Waals surface area (Å²) in [7, 11) is 0. The Hall–Kier alpha value is -9.28. The van der Waals surface area contributed by atoms with Crippen molar-refractivity contribution >= 4 is 66.7 Å². The molecule has 8 rings (SSSR count). The Labute approximate surface area is 509 Å². The zero-order valence-corrected chi connectivity index (χ0v) is 50.7. The minimum atomic E-state index is -0.543. The summed E-state index contributed by atoms with van der Waals surface area (Å²) >= 11 is 0. The maximum absolute atomic E-state index is 14.1. The fourth-order valence-corrected chi connectivity index (χ4v) is 9.94. The highest BCUT2D eigenvalue weighted by molar-refractivity contribution is 5.99. The predicted octanol–water partition coefficient (Wildman–Crippen LogP) is 5.48. The van der Waals surface area contributed by atoms with Gasteiger partial charge < -0.3 is 40.6 Å². The van der Waals surface area contributed by atoms with Crippen molar-refractivity contribution in [2.75, 3.05) is 91.9 Å². The van der Waals surface area contributed by atoms with Gasteiger partial charge in [-0.05, 0) is 95.8 Å².